The third-order valence-corrected chi connectivity index (χ3v) is 13.5. The molecule has 1 saturated heterocycles. The van der Waals surface area contributed by atoms with Gasteiger partial charge in [0.05, 0.1) is 35.6 Å². The Kier molecular flexibility index (Phi) is 11.8. The molecule has 62 heavy (non-hydrogen) atoms. The third kappa shape index (κ3) is 7.29. The largest absolute Gasteiger partial charge is 0.456 e. The lowest BCUT2D eigenvalue weighted by Crippen LogP contribution is -2.82. The van der Waals surface area contributed by atoms with E-state index in [4.69, 9.17) is 23.7 Å². The van der Waals surface area contributed by atoms with Crippen molar-refractivity contribution in [1.29, 1.82) is 0 Å². The van der Waals surface area contributed by atoms with Crippen molar-refractivity contribution in [1.82, 2.24) is 5.32 Å². The number of fused-ring (bicyclic) bond motifs is 5. The lowest BCUT2D eigenvalue weighted by Gasteiger charge is -2.67. The Morgan fingerprint density at radius 3 is 1.95 bits per heavy atom. The van der Waals surface area contributed by atoms with Crippen LogP contribution in [0.4, 0.5) is 0 Å². The van der Waals surface area contributed by atoms with Gasteiger partial charge in [0.15, 0.2) is 23.6 Å². The fourth-order valence-electron chi connectivity index (χ4n) is 10.2. The number of Topliss-reactive ketones (excluding diaryl/α,β-unsaturated/α-hetero) is 1. The van der Waals surface area contributed by atoms with Crippen molar-refractivity contribution in [2.45, 2.75) is 108 Å². The van der Waals surface area contributed by atoms with Crippen LogP contribution in [0.2, 0.25) is 0 Å². The second-order valence-corrected chi connectivity index (χ2v) is 17.4. The number of ether oxygens (including phenoxy) is 5. The molecular weight excluding hydrogens is 803 g/mol. The number of nitrogens with one attached hydrogen (secondary N) is 1. The van der Waals surface area contributed by atoms with E-state index in [0.29, 0.717) is 5.56 Å². The Bertz CT molecular complexity index is 2280. The van der Waals surface area contributed by atoms with E-state index in [1.807, 2.05) is 0 Å². The van der Waals surface area contributed by atoms with Gasteiger partial charge < -0.3 is 44.3 Å². The van der Waals surface area contributed by atoms with Gasteiger partial charge in [-0.3, -0.25) is 19.2 Å². The molecule has 1 unspecified atom stereocenters. The van der Waals surface area contributed by atoms with Crippen LogP contribution in [0.1, 0.15) is 86.7 Å². The molecule has 3 aliphatic carbocycles. The molecule has 15 heteroatoms. The van der Waals surface area contributed by atoms with Gasteiger partial charge in [0, 0.05) is 37.7 Å². The van der Waals surface area contributed by atoms with Crippen LogP contribution in [-0.2, 0) is 42.9 Å². The average molecular weight is 854 g/mol. The minimum atomic E-state index is -2.39. The smallest absolute Gasteiger partial charge is 0.338 e. The van der Waals surface area contributed by atoms with Crippen LogP contribution < -0.4 is 5.32 Å². The van der Waals surface area contributed by atoms with Gasteiger partial charge in [-0.2, -0.15) is 0 Å². The van der Waals surface area contributed by atoms with Gasteiger partial charge in [-0.25, -0.2) is 9.59 Å². The van der Waals surface area contributed by atoms with Gasteiger partial charge >= 0.3 is 23.9 Å². The van der Waals surface area contributed by atoms with E-state index in [0.717, 1.165) is 13.8 Å². The zero-order chi connectivity index (χ0) is 44.9. The Morgan fingerprint density at radius 1 is 0.823 bits per heavy atom. The van der Waals surface area contributed by atoms with Crippen LogP contribution in [0.15, 0.2) is 102 Å². The van der Waals surface area contributed by atoms with Crippen LogP contribution in [0, 0.1) is 16.7 Å². The summed E-state index contributed by atoms with van der Waals surface area (Å²) in [4.78, 5) is 83.5. The lowest BCUT2D eigenvalue weighted by atomic mass is 9.44. The molecule has 1 aliphatic heterocycles. The van der Waals surface area contributed by atoms with E-state index >= 15 is 4.79 Å². The highest BCUT2D eigenvalue weighted by molar-refractivity contribution is 5.96. The molecule has 4 N–H and O–H groups in total. The van der Waals surface area contributed by atoms with Crippen molar-refractivity contribution in [2.24, 2.45) is 16.7 Å². The average Bonchev–Trinajstić information content (AvgIpc) is 3.24. The van der Waals surface area contributed by atoms with Crippen LogP contribution in [0.3, 0.4) is 0 Å². The van der Waals surface area contributed by atoms with Crippen molar-refractivity contribution in [3.8, 4) is 0 Å². The van der Waals surface area contributed by atoms with Gasteiger partial charge in [-0.1, -0.05) is 80.6 Å². The fraction of sp³-hybridized carbons (Fsp3) is 0.447. The second-order valence-electron chi connectivity index (χ2n) is 17.4. The molecule has 3 aromatic carbocycles. The third-order valence-electron chi connectivity index (χ3n) is 13.5. The SMILES string of the molecule is CC(=O)O[C@H]1C(=O)[C@@]2(C)[C@H]([C@H](OC(=O)c3ccccc3)[C@]3(O)C[C@H](OC(=O)[C@H](O)[C@@H](NC(=O)c4ccccc4)c4ccccc4)C(C)=C1C3(C)C)C1(OC(C)=O)CO[C@@H]1C[C@@H]2O. The van der Waals surface area contributed by atoms with Gasteiger partial charge in [0.1, 0.15) is 23.9 Å². The second kappa shape index (κ2) is 16.5. The standard InChI is InChI=1S/C47H51NO14/c1-25-31(60-43(56)36(52)35(28-16-10-7-11-17-28)48-41(54)29-18-12-8-13-19-29)23-47(57)40(61-42(55)30-20-14-9-15-21-30)38-45(6,32(51)22-33-46(38,24-58-33)62-27(3)50)39(53)37(59-26(2)49)34(25)44(47,4)5/h7-21,31-33,35-38,40,51-52,57H,22-24H2,1-6H3,(H,48,54)/t31-,32-,33+,35-,36+,37+,38-,40-,45+,46?,47+/m0/s1. The Balaban J connectivity index is 1.39. The summed E-state index contributed by atoms with van der Waals surface area (Å²) >= 11 is 0. The molecule has 0 aromatic heterocycles. The number of aliphatic hydroxyl groups is 3. The van der Waals surface area contributed by atoms with Crippen molar-refractivity contribution in [2.75, 3.05) is 6.61 Å². The number of carbonyl (C=O) groups excluding carboxylic acids is 6. The van der Waals surface area contributed by atoms with E-state index in [1.165, 1.54) is 26.0 Å². The number of ketones is 1. The minimum Gasteiger partial charge on any atom is -0.456 e. The molecule has 328 valence electrons. The number of benzene rings is 3. The number of hydrogen-bond acceptors (Lipinski definition) is 14. The van der Waals surface area contributed by atoms with Crippen molar-refractivity contribution in [3.63, 3.8) is 0 Å². The molecule has 3 aromatic rings. The maximum atomic E-state index is 15.5. The Labute approximate surface area is 358 Å². The monoisotopic (exact) mass is 853 g/mol. The van der Waals surface area contributed by atoms with Crippen molar-refractivity contribution >= 4 is 35.6 Å². The Hall–Kier alpha value is -5.74. The maximum Gasteiger partial charge on any atom is 0.338 e. The maximum absolute atomic E-state index is 15.5. The summed E-state index contributed by atoms with van der Waals surface area (Å²) in [6, 6.07) is 22.9. The molecule has 1 amide bonds. The topological polar surface area (TPSA) is 221 Å². The molecule has 15 nitrogen and oxygen atoms in total. The van der Waals surface area contributed by atoms with Crippen LogP contribution in [-0.4, -0.2) is 105 Å². The highest BCUT2D eigenvalue weighted by Gasteiger charge is 2.78. The van der Waals surface area contributed by atoms with Gasteiger partial charge in [0.2, 0.25) is 0 Å². The molecule has 2 saturated carbocycles. The first kappa shape index (κ1) is 44.3. The zero-order valence-electron chi connectivity index (χ0n) is 35.2. The van der Waals surface area contributed by atoms with Gasteiger partial charge in [0.25, 0.3) is 5.91 Å². The molecule has 0 radical (unpaired) electrons. The van der Waals surface area contributed by atoms with Gasteiger partial charge in [-0.05, 0) is 54.8 Å². The number of amides is 1. The predicted molar refractivity (Wildman–Crippen MR) is 218 cm³/mol. The first-order valence-corrected chi connectivity index (χ1v) is 20.5. The summed E-state index contributed by atoms with van der Waals surface area (Å²) in [5.74, 6) is -6.84. The van der Waals surface area contributed by atoms with E-state index in [9.17, 15) is 39.3 Å². The molecule has 11 atom stereocenters. The minimum absolute atomic E-state index is 0.00289. The first-order valence-electron chi connectivity index (χ1n) is 20.5. The zero-order valence-corrected chi connectivity index (χ0v) is 35.2. The summed E-state index contributed by atoms with van der Waals surface area (Å²) < 4.78 is 30.3. The van der Waals surface area contributed by atoms with Crippen LogP contribution in [0.5, 0.6) is 0 Å². The molecule has 7 rings (SSSR count). The summed E-state index contributed by atoms with van der Waals surface area (Å²) in [7, 11) is 0. The first-order chi connectivity index (χ1) is 29.3. The Morgan fingerprint density at radius 2 is 1.40 bits per heavy atom. The molecule has 2 bridgehead atoms. The summed E-state index contributed by atoms with van der Waals surface area (Å²) in [6.07, 6.45) is -10.5. The summed E-state index contributed by atoms with van der Waals surface area (Å²) in [5, 5.41) is 40.2. The van der Waals surface area contributed by atoms with Gasteiger partial charge in [-0.15, -0.1) is 0 Å². The van der Waals surface area contributed by atoms with Crippen LogP contribution in [0.25, 0.3) is 0 Å². The predicted octanol–water partition coefficient (Wildman–Crippen LogP) is 3.74. The van der Waals surface area contributed by atoms with E-state index in [-0.39, 0.29) is 35.3 Å². The number of carbonyl (C=O) groups is 6. The number of esters is 4. The lowest BCUT2D eigenvalue weighted by molar-refractivity contribution is -0.346. The number of aliphatic hydroxyl groups excluding tert-OH is 2. The fourth-order valence-corrected chi connectivity index (χ4v) is 10.2. The van der Waals surface area contributed by atoms with Crippen molar-refractivity contribution in [3.05, 3.63) is 119 Å². The van der Waals surface area contributed by atoms with E-state index < -0.39 is 113 Å². The normalized spacial score (nSPS) is 31.9. The molecule has 0 spiro atoms. The van der Waals surface area contributed by atoms with Crippen LogP contribution >= 0.6 is 0 Å². The quantitative estimate of drug-likeness (QED) is 0.130. The molecule has 4 aliphatic rings. The molecule has 1 heterocycles. The van der Waals surface area contributed by atoms with E-state index in [2.05, 4.69) is 5.32 Å². The summed E-state index contributed by atoms with van der Waals surface area (Å²) in [5.41, 5.74) is -7.02. The number of rotatable bonds is 10. The highest BCUT2D eigenvalue weighted by Crippen LogP contribution is 2.64. The van der Waals surface area contributed by atoms with E-state index in [1.54, 1.807) is 92.7 Å². The summed E-state index contributed by atoms with van der Waals surface area (Å²) in [6.45, 7) is 7.97. The highest BCUT2D eigenvalue weighted by atomic mass is 16.6. The van der Waals surface area contributed by atoms with Crippen molar-refractivity contribution < 1.29 is 67.8 Å². The molecular formula is C47H51NO14. The number of hydrogen-bond donors (Lipinski definition) is 4. The molecule has 3 fully saturated rings.